The molecule has 4 rings (SSSR count). The van der Waals surface area contributed by atoms with Crippen molar-refractivity contribution in [3.8, 4) is 0 Å². The molecule has 4 heteroatoms. The third kappa shape index (κ3) is 4.01. The summed E-state index contributed by atoms with van der Waals surface area (Å²) in [5.74, 6) is 2.27. The predicted molar refractivity (Wildman–Crippen MR) is 108 cm³/mol. The highest BCUT2D eigenvalue weighted by Gasteiger charge is 2.40. The average molecular weight is 366 g/mol. The summed E-state index contributed by atoms with van der Waals surface area (Å²) < 4.78 is 0. The van der Waals surface area contributed by atoms with Gasteiger partial charge in [-0.2, -0.15) is 0 Å². The molecule has 1 aliphatic carbocycles. The van der Waals surface area contributed by atoms with Crippen molar-refractivity contribution in [3.05, 3.63) is 53.6 Å². The van der Waals surface area contributed by atoms with Crippen LogP contribution in [0.1, 0.15) is 62.5 Å². The van der Waals surface area contributed by atoms with E-state index in [2.05, 4.69) is 27.0 Å². The first-order valence-corrected chi connectivity index (χ1v) is 10.5. The fraction of sp³-hybridized carbons (Fsp3) is 0.565. The Hall–Kier alpha value is -1.94. The number of hydrogen-bond donors (Lipinski definition) is 1. The van der Waals surface area contributed by atoms with Gasteiger partial charge in [0.15, 0.2) is 0 Å². The number of carbonyl (C=O) groups excluding carboxylic acids is 1. The van der Waals surface area contributed by atoms with Crippen LogP contribution in [0.15, 0.2) is 36.5 Å². The van der Waals surface area contributed by atoms with Gasteiger partial charge in [-0.1, -0.05) is 56.0 Å². The van der Waals surface area contributed by atoms with Crippen LogP contribution in [0.3, 0.4) is 0 Å². The Kier molecular flexibility index (Phi) is 5.44. The van der Waals surface area contributed by atoms with Gasteiger partial charge in [0, 0.05) is 24.9 Å². The highest BCUT2D eigenvalue weighted by atomic mass is 16.1. The molecule has 2 fully saturated rings. The lowest BCUT2D eigenvalue weighted by Gasteiger charge is -2.40. The van der Waals surface area contributed by atoms with Crippen LogP contribution in [0, 0.1) is 5.92 Å². The molecule has 2 heterocycles. The summed E-state index contributed by atoms with van der Waals surface area (Å²) in [6, 6.07) is 10.3. The Morgan fingerprint density at radius 1 is 1.19 bits per heavy atom. The predicted octanol–water partition coefficient (Wildman–Crippen LogP) is 4.27. The van der Waals surface area contributed by atoms with E-state index in [0.29, 0.717) is 5.78 Å². The zero-order valence-electron chi connectivity index (χ0n) is 16.4. The van der Waals surface area contributed by atoms with Gasteiger partial charge in [-0.05, 0) is 44.3 Å². The van der Waals surface area contributed by atoms with E-state index < -0.39 is 0 Å². The summed E-state index contributed by atoms with van der Waals surface area (Å²) in [5, 5.41) is 0. The molecule has 2 aromatic rings. The minimum absolute atomic E-state index is 0.300. The number of benzene rings is 1. The Bertz CT molecular complexity index is 753. The molecule has 0 bridgehead atoms. The zero-order valence-corrected chi connectivity index (χ0v) is 16.4. The van der Waals surface area contributed by atoms with E-state index >= 15 is 0 Å². The minimum Gasteiger partial charge on any atom is -0.345 e. The van der Waals surface area contributed by atoms with Gasteiger partial charge in [0.25, 0.3) is 0 Å². The van der Waals surface area contributed by atoms with Gasteiger partial charge in [-0.3, -0.25) is 9.69 Å². The molecule has 1 aliphatic heterocycles. The van der Waals surface area contributed by atoms with Crippen LogP contribution >= 0.6 is 0 Å². The van der Waals surface area contributed by atoms with Crippen molar-refractivity contribution in [2.75, 3.05) is 13.1 Å². The largest absolute Gasteiger partial charge is 0.345 e. The maximum Gasteiger partial charge on any atom is 0.140 e. The highest BCUT2D eigenvalue weighted by Crippen LogP contribution is 2.36. The Morgan fingerprint density at radius 3 is 2.56 bits per heavy atom. The standard InChI is InChI=1S/C23H31N3O/c1-18(27)23(20-9-3-2-4-10-20)11-13-26(14-12-23)17-21-16-24-22(25-21)15-19-7-5-6-8-19/h2-4,9-10,16,19H,5-8,11-15,17H2,1H3,(H,24,25). The van der Waals surface area contributed by atoms with E-state index in [1.165, 1.54) is 36.9 Å². The topological polar surface area (TPSA) is 49.0 Å². The first kappa shape index (κ1) is 18.4. The zero-order chi connectivity index (χ0) is 18.7. The normalized spacial score (nSPS) is 20.8. The number of carbonyl (C=O) groups is 1. The maximum absolute atomic E-state index is 12.5. The summed E-state index contributed by atoms with van der Waals surface area (Å²) in [6.07, 6.45) is 10.4. The van der Waals surface area contributed by atoms with E-state index in [1.54, 1.807) is 6.92 Å². The number of piperidine rings is 1. The third-order valence-corrected chi connectivity index (χ3v) is 6.74. The number of H-pyrrole nitrogens is 1. The molecule has 27 heavy (non-hydrogen) atoms. The van der Waals surface area contributed by atoms with Gasteiger partial charge in [0.2, 0.25) is 0 Å². The first-order valence-electron chi connectivity index (χ1n) is 10.5. The van der Waals surface area contributed by atoms with E-state index in [1.807, 2.05) is 24.4 Å². The quantitative estimate of drug-likeness (QED) is 0.832. The van der Waals surface area contributed by atoms with Crippen LogP contribution in [-0.4, -0.2) is 33.7 Å². The summed E-state index contributed by atoms with van der Waals surface area (Å²) in [7, 11) is 0. The Balaban J connectivity index is 1.36. The fourth-order valence-electron chi connectivity index (χ4n) is 5.01. The minimum atomic E-state index is -0.306. The molecule has 0 unspecified atom stereocenters. The number of likely N-dealkylation sites (tertiary alicyclic amines) is 1. The number of hydrogen-bond acceptors (Lipinski definition) is 3. The van der Waals surface area contributed by atoms with Crippen LogP contribution in [0.2, 0.25) is 0 Å². The number of ketones is 1. The van der Waals surface area contributed by atoms with Crippen molar-refractivity contribution in [1.29, 1.82) is 0 Å². The van der Waals surface area contributed by atoms with E-state index in [-0.39, 0.29) is 5.41 Å². The Labute approximate surface area is 162 Å². The number of aromatic amines is 1. The lowest BCUT2D eigenvalue weighted by atomic mass is 9.70. The summed E-state index contributed by atoms with van der Waals surface area (Å²) in [6.45, 7) is 4.56. The second-order valence-electron chi connectivity index (χ2n) is 8.49. The van der Waals surface area contributed by atoms with Crippen LogP contribution < -0.4 is 0 Å². The molecule has 1 aromatic heterocycles. The molecule has 0 spiro atoms. The average Bonchev–Trinajstić information content (AvgIpc) is 3.36. The summed E-state index contributed by atoms with van der Waals surface area (Å²) in [4.78, 5) is 23.1. The number of aromatic nitrogens is 2. The van der Waals surface area contributed by atoms with Gasteiger partial charge in [-0.15, -0.1) is 0 Å². The van der Waals surface area contributed by atoms with Gasteiger partial charge in [0.05, 0.1) is 5.41 Å². The molecule has 1 N–H and O–H groups in total. The molecule has 1 saturated heterocycles. The summed E-state index contributed by atoms with van der Waals surface area (Å²) in [5.41, 5.74) is 2.08. The van der Waals surface area contributed by atoms with Crippen molar-refractivity contribution >= 4 is 5.78 Å². The second-order valence-corrected chi connectivity index (χ2v) is 8.49. The molecule has 2 aliphatic rings. The number of imidazole rings is 1. The van der Waals surface area contributed by atoms with Crippen LogP contribution in [0.5, 0.6) is 0 Å². The molecule has 0 radical (unpaired) electrons. The molecule has 1 saturated carbocycles. The first-order chi connectivity index (χ1) is 13.2. The monoisotopic (exact) mass is 365 g/mol. The van der Waals surface area contributed by atoms with Crippen LogP contribution in [0.4, 0.5) is 0 Å². The van der Waals surface area contributed by atoms with E-state index in [9.17, 15) is 4.79 Å². The van der Waals surface area contributed by atoms with Gasteiger partial charge >= 0.3 is 0 Å². The molecule has 0 atom stereocenters. The van der Waals surface area contributed by atoms with Gasteiger partial charge in [0.1, 0.15) is 11.6 Å². The van der Waals surface area contributed by atoms with Crippen molar-refractivity contribution in [2.45, 2.75) is 63.8 Å². The lowest BCUT2D eigenvalue weighted by molar-refractivity contribution is -0.124. The van der Waals surface area contributed by atoms with Gasteiger partial charge < -0.3 is 4.98 Å². The number of Topliss-reactive ketones (excluding diaryl/α,β-unsaturated/α-hetero) is 1. The highest BCUT2D eigenvalue weighted by molar-refractivity contribution is 5.88. The smallest absolute Gasteiger partial charge is 0.140 e. The van der Waals surface area contributed by atoms with E-state index in [0.717, 1.165) is 50.6 Å². The van der Waals surface area contributed by atoms with E-state index in [4.69, 9.17) is 0 Å². The molecule has 0 amide bonds. The molecular weight excluding hydrogens is 334 g/mol. The second kappa shape index (κ2) is 7.97. The number of rotatable bonds is 6. The third-order valence-electron chi connectivity index (χ3n) is 6.74. The summed E-state index contributed by atoms with van der Waals surface area (Å²) >= 11 is 0. The maximum atomic E-state index is 12.5. The van der Waals surface area contributed by atoms with Crippen LogP contribution in [-0.2, 0) is 23.2 Å². The fourth-order valence-corrected chi connectivity index (χ4v) is 5.01. The van der Waals surface area contributed by atoms with Crippen molar-refractivity contribution < 1.29 is 4.79 Å². The molecule has 1 aromatic carbocycles. The van der Waals surface area contributed by atoms with Crippen molar-refractivity contribution in [3.63, 3.8) is 0 Å². The van der Waals surface area contributed by atoms with Crippen LogP contribution in [0.25, 0.3) is 0 Å². The number of nitrogens with one attached hydrogen (secondary N) is 1. The SMILES string of the molecule is CC(=O)C1(c2ccccc2)CCN(Cc2cnc(CC3CCCC3)[nH]2)CC1. The lowest BCUT2D eigenvalue weighted by Crippen LogP contribution is -2.46. The van der Waals surface area contributed by atoms with Crippen molar-refractivity contribution in [2.24, 2.45) is 5.92 Å². The molecule has 144 valence electrons. The van der Waals surface area contributed by atoms with Gasteiger partial charge in [-0.25, -0.2) is 4.98 Å². The van der Waals surface area contributed by atoms with Crippen molar-refractivity contribution in [1.82, 2.24) is 14.9 Å². The molecule has 4 nitrogen and oxygen atoms in total. The number of nitrogens with zero attached hydrogens (tertiary/aromatic N) is 2. The Morgan fingerprint density at radius 2 is 1.89 bits per heavy atom. The molecular formula is C23H31N3O.